The van der Waals surface area contributed by atoms with Crippen molar-refractivity contribution in [1.82, 2.24) is 4.57 Å². The second-order valence-electron chi connectivity index (χ2n) is 5.10. The van der Waals surface area contributed by atoms with Gasteiger partial charge in [-0.1, -0.05) is 41.7 Å². The number of hydrogen-bond acceptors (Lipinski definition) is 2. The van der Waals surface area contributed by atoms with Crippen molar-refractivity contribution in [3.63, 3.8) is 0 Å². The van der Waals surface area contributed by atoms with Crippen molar-refractivity contribution in [2.45, 2.75) is 13.5 Å². The number of nitrogens with zero attached hydrogens (tertiary/aromatic N) is 2. The van der Waals surface area contributed by atoms with E-state index in [0.29, 0.717) is 22.4 Å². The number of para-hydroxylation sites is 1. The third-order valence-electron chi connectivity index (χ3n) is 3.54. The van der Waals surface area contributed by atoms with Crippen LogP contribution in [0.2, 0.25) is 0 Å². The summed E-state index contributed by atoms with van der Waals surface area (Å²) in [5, 5.41) is 0. The molecule has 0 saturated carbocycles. The first-order valence-electron chi connectivity index (χ1n) is 7.15. The lowest BCUT2D eigenvalue weighted by atomic mass is 10.1. The number of aromatic nitrogens is 1. The monoisotopic (exact) mass is 326 g/mol. The maximum absolute atomic E-state index is 14.1. The van der Waals surface area contributed by atoms with Gasteiger partial charge in [-0.25, -0.2) is 4.39 Å². The van der Waals surface area contributed by atoms with E-state index in [-0.39, 0.29) is 11.7 Å². The summed E-state index contributed by atoms with van der Waals surface area (Å²) < 4.78 is 16.6. The van der Waals surface area contributed by atoms with Crippen LogP contribution >= 0.6 is 11.3 Å². The van der Waals surface area contributed by atoms with Crippen LogP contribution in [0, 0.1) is 12.7 Å². The van der Waals surface area contributed by atoms with Gasteiger partial charge < -0.3 is 4.57 Å². The number of carbonyl (C=O) groups excluding carboxylic acids is 1. The highest BCUT2D eigenvalue weighted by Crippen LogP contribution is 2.20. The maximum Gasteiger partial charge on any atom is 0.279 e. The van der Waals surface area contributed by atoms with Crippen LogP contribution in [0.15, 0.2) is 60.1 Å². The lowest BCUT2D eigenvalue weighted by Gasteiger charge is -2.02. The first kappa shape index (κ1) is 15.4. The summed E-state index contributed by atoms with van der Waals surface area (Å²) in [6, 6.07) is 12.2. The number of benzene rings is 2. The van der Waals surface area contributed by atoms with Gasteiger partial charge in [-0.05, 0) is 30.7 Å². The summed E-state index contributed by atoms with van der Waals surface area (Å²) in [6.07, 6.45) is 1.66. The SMILES string of the molecule is C=CCn1c(=NC(=O)c2ccccc2C)sc2cccc(F)c21. The van der Waals surface area contributed by atoms with E-state index in [1.54, 1.807) is 28.8 Å². The molecule has 0 aliphatic rings. The van der Waals surface area contributed by atoms with E-state index in [0.717, 1.165) is 10.3 Å². The molecule has 2 aromatic carbocycles. The van der Waals surface area contributed by atoms with E-state index in [4.69, 9.17) is 0 Å². The topological polar surface area (TPSA) is 34.4 Å². The highest BCUT2D eigenvalue weighted by molar-refractivity contribution is 7.16. The summed E-state index contributed by atoms with van der Waals surface area (Å²) in [4.78, 5) is 17.1. The van der Waals surface area contributed by atoms with Crippen molar-refractivity contribution in [1.29, 1.82) is 0 Å². The van der Waals surface area contributed by atoms with Crippen molar-refractivity contribution >= 4 is 27.5 Å². The molecule has 0 aliphatic carbocycles. The van der Waals surface area contributed by atoms with Gasteiger partial charge in [-0.2, -0.15) is 4.99 Å². The predicted molar refractivity (Wildman–Crippen MR) is 91.0 cm³/mol. The zero-order valence-electron chi connectivity index (χ0n) is 12.6. The highest BCUT2D eigenvalue weighted by atomic mass is 32.1. The maximum atomic E-state index is 14.1. The third-order valence-corrected chi connectivity index (χ3v) is 4.58. The van der Waals surface area contributed by atoms with E-state index in [1.165, 1.54) is 17.4 Å². The number of rotatable bonds is 3. The second kappa shape index (κ2) is 6.30. The number of hydrogen-bond donors (Lipinski definition) is 0. The molecule has 1 aromatic heterocycles. The lowest BCUT2D eigenvalue weighted by Crippen LogP contribution is -2.17. The Morgan fingerprint density at radius 3 is 2.83 bits per heavy atom. The van der Waals surface area contributed by atoms with Gasteiger partial charge in [-0.3, -0.25) is 4.79 Å². The predicted octanol–water partition coefficient (Wildman–Crippen LogP) is 4.08. The average Bonchev–Trinajstić information content (AvgIpc) is 2.87. The van der Waals surface area contributed by atoms with Gasteiger partial charge in [0.25, 0.3) is 5.91 Å². The molecule has 0 saturated heterocycles. The summed E-state index contributed by atoms with van der Waals surface area (Å²) >= 11 is 1.29. The summed E-state index contributed by atoms with van der Waals surface area (Å²) in [5.41, 5.74) is 1.87. The van der Waals surface area contributed by atoms with Crippen LogP contribution in [-0.2, 0) is 6.54 Å². The molecule has 5 heteroatoms. The van der Waals surface area contributed by atoms with Gasteiger partial charge in [0, 0.05) is 12.1 Å². The largest absolute Gasteiger partial charge is 0.310 e. The first-order chi connectivity index (χ1) is 11.1. The Morgan fingerprint density at radius 2 is 2.09 bits per heavy atom. The molecule has 0 fully saturated rings. The lowest BCUT2D eigenvalue weighted by molar-refractivity contribution is 0.0997. The van der Waals surface area contributed by atoms with Gasteiger partial charge >= 0.3 is 0 Å². The van der Waals surface area contributed by atoms with E-state index in [2.05, 4.69) is 11.6 Å². The molecule has 3 nitrogen and oxygen atoms in total. The number of carbonyl (C=O) groups is 1. The fourth-order valence-corrected chi connectivity index (χ4v) is 3.48. The van der Waals surface area contributed by atoms with E-state index >= 15 is 0 Å². The summed E-state index contributed by atoms with van der Waals surface area (Å²) in [7, 11) is 0. The normalized spacial score (nSPS) is 11.8. The molecule has 0 spiro atoms. The molecule has 0 atom stereocenters. The standard InChI is InChI=1S/C18H15FN2OS/c1-3-11-21-16-14(19)9-6-10-15(16)23-18(21)20-17(22)13-8-5-4-7-12(13)2/h3-10H,1,11H2,2H3. The van der Waals surface area contributed by atoms with Crippen LogP contribution in [-0.4, -0.2) is 10.5 Å². The summed E-state index contributed by atoms with van der Waals surface area (Å²) in [6.45, 7) is 5.96. The molecule has 0 N–H and O–H groups in total. The number of halogens is 1. The molecule has 0 aliphatic heterocycles. The van der Waals surface area contributed by atoms with Crippen LogP contribution in [0.25, 0.3) is 10.2 Å². The van der Waals surface area contributed by atoms with Crippen molar-refractivity contribution in [2.24, 2.45) is 4.99 Å². The zero-order valence-corrected chi connectivity index (χ0v) is 13.4. The van der Waals surface area contributed by atoms with Crippen LogP contribution in [0.4, 0.5) is 4.39 Å². The van der Waals surface area contributed by atoms with Gasteiger partial charge in [0.1, 0.15) is 5.82 Å². The fraction of sp³-hybridized carbons (Fsp3) is 0.111. The number of amides is 1. The molecule has 1 heterocycles. The van der Waals surface area contributed by atoms with Crippen molar-refractivity contribution in [2.75, 3.05) is 0 Å². The van der Waals surface area contributed by atoms with E-state index in [1.807, 2.05) is 25.1 Å². The molecule has 1 amide bonds. The van der Waals surface area contributed by atoms with Gasteiger partial charge in [0.05, 0.1) is 10.2 Å². The van der Waals surface area contributed by atoms with Crippen LogP contribution in [0.1, 0.15) is 15.9 Å². The van der Waals surface area contributed by atoms with Gasteiger partial charge in [-0.15, -0.1) is 6.58 Å². The Kier molecular flexibility index (Phi) is 4.21. The van der Waals surface area contributed by atoms with E-state index < -0.39 is 0 Å². The molecule has 0 bridgehead atoms. The molecule has 116 valence electrons. The minimum Gasteiger partial charge on any atom is -0.310 e. The minimum absolute atomic E-state index is 0.326. The van der Waals surface area contributed by atoms with Crippen LogP contribution < -0.4 is 4.80 Å². The number of aryl methyl sites for hydroxylation is 1. The Morgan fingerprint density at radius 1 is 1.30 bits per heavy atom. The van der Waals surface area contributed by atoms with E-state index in [9.17, 15) is 9.18 Å². The molecule has 0 radical (unpaired) electrons. The molecule has 23 heavy (non-hydrogen) atoms. The second-order valence-corrected chi connectivity index (χ2v) is 6.11. The van der Waals surface area contributed by atoms with Gasteiger partial charge in [0.2, 0.25) is 0 Å². The van der Waals surface area contributed by atoms with Crippen molar-refractivity contribution in [3.05, 3.63) is 76.9 Å². The average molecular weight is 326 g/mol. The Balaban J connectivity index is 2.21. The van der Waals surface area contributed by atoms with Crippen molar-refractivity contribution < 1.29 is 9.18 Å². The van der Waals surface area contributed by atoms with Crippen LogP contribution in [0.5, 0.6) is 0 Å². The zero-order chi connectivity index (χ0) is 16.4. The first-order valence-corrected chi connectivity index (χ1v) is 7.97. The Bertz CT molecular complexity index is 969. The van der Waals surface area contributed by atoms with Crippen molar-refractivity contribution in [3.8, 4) is 0 Å². The van der Waals surface area contributed by atoms with Gasteiger partial charge in [0.15, 0.2) is 4.80 Å². The third kappa shape index (κ3) is 2.87. The number of thiazole rings is 1. The number of allylic oxidation sites excluding steroid dienone is 1. The Labute approximate surface area is 137 Å². The Hall–Kier alpha value is -2.53. The quantitative estimate of drug-likeness (QED) is 0.668. The summed E-state index contributed by atoms with van der Waals surface area (Å²) in [5.74, 6) is -0.654. The fourth-order valence-electron chi connectivity index (χ4n) is 2.43. The minimum atomic E-state index is -0.328. The molecule has 3 aromatic rings. The highest BCUT2D eigenvalue weighted by Gasteiger charge is 2.12. The number of fused-ring (bicyclic) bond motifs is 1. The smallest absolute Gasteiger partial charge is 0.279 e. The molecule has 3 rings (SSSR count). The molecular formula is C18H15FN2OS. The molecule has 0 unspecified atom stereocenters. The molecular weight excluding hydrogens is 311 g/mol. The van der Waals surface area contributed by atoms with Crippen LogP contribution in [0.3, 0.4) is 0 Å².